The zero-order valence-electron chi connectivity index (χ0n) is 13.9. The van der Waals surface area contributed by atoms with Gasteiger partial charge in [-0.05, 0) is 6.42 Å². The molecule has 0 radical (unpaired) electrons. The molecular formula is C15H22N4O6. The Morgan fingerprint density at radius 1 is 1.40 bits per heavy atom. The van der Waals surface area contributed by atoms with Gasteiger partial charge in [-0.3, -0.25) is 19.1 Å². The molecule has 25 heavy (non-hydrogen) atoms. The van der Waals surface area contributed by atoms with Gasteiger partial charge in [0.25, 0.3) is 18.3 Å². The fraction of sp³-hybridized carbons (Fsp3) is 0.600. The summed E-state index contributed by atoms with van der Waals surface area (Å²) in [6, 6.07) is 1.52. The van der Waals surface area contributed by atoms with Crippen LogP contribution in [0.15, 0.2) is 6.07 Å². The van der Waals surface area contributed by atoms with Crippen LogP contribution >= 0.6 is 0 Å². The van der Waals surface area contributed by atoms with E-state index in [-0.39, 0.29) is 43.1 Å². The fourth-order valence-electron chi connectivity index (χ4n) is 2.95. The van der Waals surface area contributed by atoms with Gasteiger partial charge in [-0.15, -0.1) is 0 Å². The Hall–Kier alpha value is -2.46. The lowest BCUT2D eigenvalue weighted by molar-refractivity contribution is -0.122. The third kappa shape index (κ3) is 3.97. The van der Waals surface area contributed by atoms with Crippen molar-refractivity contribution < 1.29 is 29.7 Å². The second-order valence-corrected chi connectivity index (χ2v) is 6.02. The molecule has 2 aliphatic heterocycles. The monoisotopic (exact) mass is 354 g/mol. The van der Waals surface area contributed by atoms with Gasteiger partial charge in [-0.1, -0.05) is 0 Å². The SMILES string of the molecule is CN1CCn2nc(C(=O)N3CC[C@H](CO)[C@@H](O)C3)cc2C1=O.O=CO. The lowest BCUT2D eigenvalue weighted by Gasteiger charge is -2.34. The molecule has 0 unspecified atom stereocenters. The molecule has 1 aromatic rings. The highest BCUT2D eigenvalue weighted by Gasteiger charge is 2.32. The second-order valence-electron chi connectivity index (χ2n) is 6.02. The van der Waals surface area contributed by atoms with Crippen LogP contribution in [-0.2, 0) is 11.3 Å². The number of rotatable bonds is 2. The van der Waals surface area contributed by atoms with E-state index < -0.39 is 6.10 Å². The number of β-amino-alcohol motifs (C(OH)–C–C–N with tert-alkyl or cyclic N) is 1. The summed E-state index contributed by atoms with van der Waals surface area (Å²) in [6.45, 7) is 1.46. The average Bonchev–Trinajstić information content (AvgIpc) is 3.03. The number of carbonyl (C=O) groups excluding carboxylic acids is 2. The first kappa shape index (κ1) is 18.9. The van der Waals surface area contributed by atoms with Crippen LogP contribution in [0.2, 0.25) is 0 Å². The molecule has 0 saturated carbocycles. The number of hydrogen-bond acceptors (Lipinski definition) is 6. The Morgan fingerprint density at radius 2 is 2.08 bits per heavy atom. The van der Waals surface area contributed by atoms with E-state index in [2.05, 4.69) is 5.10 Å². The molecule has 1 aromatic heterocycles. The van der Waals surface area contributed by atoms with Gasteiger partial charge in [0, 0.05) is 45.3 Å². The van der Waals surface area contributed by atoms with E-state index in [0.29, 0.717) is 31.7 Å². The number of fused-ring (bicyclic) bond motifs is 1. The summed E-state index contributed by atoms with van der Waals surface area (Å²) in [5.74, 6) is -0.612. The third-order valence-corrected chi connectivity index (χ3v) is 4.46. The number of aliphatic hydroxyl groups is 2. The van der Waals surface area contributed by atoms with E-state index in [1.165, 1.54) is 11.0 Å². The summed E-state index contributed by atoms with van der Waals surface area (Å²) in [7, 11) is 1.72. The van der Waals surface area contributed by atoms with Crippen molar-refractivity contribution in [3.63, 3.8) is 0 Å². The van der Waals surface area contributed by atoms with Crippen molar-refractivity contribution in [3.05, 3.63) is 17.5 Å². The molecule has 10 heteroatoms. The van der Waals surface area contributed by atoms with Crippen LogP contribution in [0.25, 0.3) is 0 Å². The third-order valence-electron chi connectivity index (χ3n) is 4.46. The molecule has 138 valence electrons. The number of carbonyl (C=O) groups is 3. The largest absolute Gasteiger partial charge is 0.483 e. The van der Waals surface area contributed by atoms with Crippen molar-refractivity contribution in [2.75, 3.05) is 33.3 Å². The molecule has 2 aliphatic rings. The van der Waals surface area contributed by atoms with Gasteiger partial charge >= 0.3 is 0 Å². The number of hydrogen-bond donors (Lipinski definition) is 3. The molecule has 3 heterocycles. The second kappa shape index (κ2) is 8.08. The average molecular weight is 354 g/mol. The normalized spacial score (nSPS) is 22.8. The van der Waals surface area contributed by atoms with Crippen LogP contribution in [0.4, 0.5) is 0 Å². The van der Waals surface area contributed by atoms with Crippen LogP contribution in [0.3, 0.4) is 0 Å². The minimum atomic E-state index is -0.729. The number of carboxylic acid groups (broad SMARTS) is 1. The summed E-state index contributed by atoms with van der Waals surface area (Å²) in [4.78, 5) is 36.0. The molecule has 3 N–H and O–H groups in total. The van der Waals surface area contributed by atoms with Gasteiger partial charge in [-0.25, -0.2) is 0 Å². The van der Waals surface area contributed by atoms with Crippen molar-refractivity contribution in [3.8, 4) is 0 Å². The lowest BCUT2D eigenvalue weighted by atomic mass is 9.94. The first-order chi connectivity index (χ1) is 11.9. The van der Waals surface area contributed by atoms with Crippen LogP contribution in [0.5, 0.6) is 0 Å². The molecule has 1 fully saturated rings. The van der Waals surface area contributed by atoms with Gasteiger partial charge in [0.1, 0.15) is 5.69 Å². The smallest absolute Gasteiger partial charge is 0.290 e. The Bertz CT molecular complexity index is 646. The van der Waals surface area contributed by atoms with Crippen molar-refractivity contribution in [2.24, 2.45) is 5.92 Å². The number of amides is 2. The van der Waals surface area contributed by atoms with E-state index >= 15 is 0 Å². The Balaban J connectivity index is 0.000000701. The number of piperidine rings is 1. The van der Waals surface area contributed by atoms with Crippen molar-refractivity contribution >= 4 is 18.3 Å². The molecule has 0 aromatic carbocycles. The number of likely N-dealkylation sites (tertiary alicyclic amines) is 1. The van der Waals surface area contributed by atoms with Crippen LogP contribution < -0.4 is 0 Å². The Labute approximate surface area is 144 Å². The van der Waals surface area contributed by atoms with E-state index in [1.807, 2.05) is 0 Å². The van der Waals surface area contributed by atoms with E-state index in [4.69, 9.17) is 15.0 Å². The summed E-state index contributed by atoms with van der Waals surface area (Å²) in [5, 5.41) is 30.2. The van der Waals surface area contributed by atoms with Gasteiger partial charge in [-0.2, -0.15) is 5.10 Å². The summed E-state index contributed by atoms with van der Waals surface area (Å²) in [6.07, 6.45) is -0.175. The number of nitrogens with zero attached hydrogens (tertiary/aromatic N) is 4. The Morgan fingerprint density at radius 3 is 2.68 bits per heavy atom. The van der Waals surface area contributed by atoms with E-state index in [9.17, 15) is 14.7 Å². The first-order valence-electron chi connectivity index (χ1n) is 7.92. The zero-order chi connectivity index (χ0) is 18.6. The maximum Gasteiger partial charge on any atom is 0.290 e. The molecule has 0 aliphatic carbocycles. The highest BCUT2D eigenvalue weighted by molar-refractivity contribution is 5.98. The summed E-state index contributed by atoms with van der Waals surface area (Å²) >= 11 is 0. The molecule has 0 spiro atoms. The van der Waals surface area contributed by atoms with Gasteiger partial charge in [0.15, 0.2) is 5.69 Å². The minimum absolute atomic E-state index is 0.0805. The van der Waals surface area contributed by atoms with Crippen molar-refractivity contribution in [2.45, 2.75) is 19.1 Å². The van der Waals surface area contributed by atoms with Gasteiger partial charge in [0.2, 0.25) is 0 Å². The molecule has 10 nitrogen and oxygen atoms in total. The van der Waals surface area contributed by atoms with Crippen LogP contribution in [-0.4, -0.2) is 92.6 Å². The topological polar surface area (TPSA) is 136 Å². The van der Waals surface area contributed by atoms with Gasteiger partial charge < -0.3 is 25.1 Å². The van der Waals surface area contributed by atoms with Crippen LogP contribution in [0, 0.1) is 5.92 Å². The molecule has 0 bridgehead atoms. The molecule has 2 atom stereocenters. The standard InChI is InChI=1S/C14H20N4O4.CH2O2/c1-16-4-5-18-11(14(16)22)6-10(15-18)13(21)17-3-2-9(8-19)12(20)7-17;2-1-3/h6,9,12,19-20H,2-5,7-8H2,1H3;1H,(H,2,3)/t9-,12+;/m1./s1. The highest BCUT2D eigenvalue weighted by Crippen LogP contribution is 2.20. The number of aromatic nitrogens is 2. The van der Waals surface area contributed by atoms with E-state index in [1.54, 1.807) is 16.6 Å². The number of aliphatic hydroxyl groups excluding tert-OH is 2. The molecular weight excluding hydrogens is 332 g/mol. The molecule has 1 saturated heterocycles. The van der Waals surface area contributed by atoms with Gasteiger partial charge in [0.05, 0.1) is 12.6 Å². The van der Waals surface area contributed by atoms with Crippen molar-refractivity contribution in [1.29, 1.82) is 0 Å². The number of likely N-dealkylation sites (N-methyl/N-ethyl adjacent to an activating group) is 1. The molecule has 2 amide bonds. The quantitative estimate of drug-likeness (QED) is 0.549. The maximum atomic E-state index is 12.5. The predicted molar refractivity (Wildman–Crippen MR) is 85.0 cm³/mol. The summed E-state index contributed by atoms with van der Waals surface area (Å²) < 4.78 is 1.56. The molecule has 3 rings (SSSR count). The van der Waals surface area contributed by atoms with Crippen LogP contribution in [0.1, 0.15) is 27.4 Å². The summed E-state index contributed by atoms with van der Waals surface area (Å²) in [5.41, 5.74) is 0.649. The Kier molecular flexibility index (Phi) is 6.10. The lowest BCUT2D eigenvalue weighted by Crippen LogP contribution is -2.47. The first-order valence-corrected chi connectivity index (χ1v) is 7.92. The zero-order valence-corrected chi connectivity index (χ0v) is 13.9. The highest BCUT2D eigenvalue weighted by atomic mass is 16.3. The fourth-order valence-corrected chi connectivity index (χ4v) is 2.95. The minimum Gasteiger partial charge on any atom is -0.483 e. The predicted octanol–water partition coefficient (Wildman–Crippen LogP) is -1.52. The van der Waals surface area contributed by atoms with Crippen molar-refractivity contribution in [1.82, 2.24) is 19.6 Å². The van der Waals surface area contributed by atoms with E-state index in [0.717, 1.165) is 0 Å². The maximum absolute atomic E-state index is 12.5.